The van der Waals surface area contributed by atoms with Crippen molar-refractivity contribution in [1.82, 2.24) is 4.57 Å². The molecule has 0 amide bonds. The Labute approximate surface area is 97.7 Å². The van der Waals surface area contributed by atoms with Gasteiger partial charge in [0.05, 0.1) is 6.54 Å². The minimum Gasteiger partial charge on any atom is -0.234 e. The number of aryl methyl sites for hydroxylation is 1. The average molecular weight is 227 g/mol. The number of nitrogens with zero attached hydrogens (tertiary/aromatic N) is 2. The van der Waals surface area contributed by atoms with Crippen LogP contribution < -0.4 is 4.57 Å². The van der Waals surface area contributed by atoms with Crippen LogP contribution >= 0.6 is 11.8 Å². The molecule has 1 aromatic rings. The Hall–Kier alpha value is -0.440. The molecule has 0 aliphatic carbocycles. The second kappa shape index (κ2) is 6.94. The molecule has 0 saturated carbocycles. The van der Waals surface area contributed by atoms with Crippen molar-refractivity contribution in [3.05, 3.63) is 18.2 Å². The summed E-state index contributed by atoms with van der Waals surface area (Å²) in [5.74, 6) is 3.82. The molecule has 0 bridgehead atoms. The maximum absolute atomic E-state index is 2.38. The lowest BCUT2D eigenvalue weighted by Crippen LogP contribution is -2.35. The van der Waals surface area contributed by atoms with E-state index in [0.29, 0.717) is 0 Å². The van der Waals surface area contributed by atoms with Crippen LogP contribution in [0.5, 0.6) is 0 Å². The molecular formula is C12H23N2S+. The second-order valence-corrected chi connectivity index (χ2v) is 4.84. The summed E-state index contributed by atoms with van der Waals surface area (Å²) >= 11 is 2.02. The van der Waals surface area contributed by atoms with Gasteiger partial charge in [-0.2, -0.15) is 0 Å². The first-order valence-corrected chi connectivity index (χ1v) is 7.14. The van der Waals surface area contributed by atoms with E-state index in [4.69, 9.17) is 0 Å². The van der Waals surface area contributed by atoms with Crippen LogP contribution in [0.1, 0.15) is 39.4 Å². The average Bonchev–Trinajstić information content (AvgIpc) is 2.62. The van der Waals surface area contributed by atoms with Crippen molar-refractivity contribution in [3.63, 3.8) is 0 Å². The Morgan fingerprint density at radius 1 is 1.27 bits per heavy atom. The maximum atomic E-state index is 2.38. The van der Waals surface area contributed by atoms with Gasteiger partial charge >= 0.3 is 0 Å². The van der Waals surface area contributed by atoms with E-state index >= 15 is 0 Å². The lowest BCUT2D eigenvalue weighted by molar-refractivity contribution is -0.683. The van der Waals surface area contributed by atoms with Crippen LogP contribution in [0.25, 0.3) is 0 Å². The molecule has 0 aliphatic rings. The van der Waals surface area contributed by atoms with E-state index in [1.165, 1.54) is 24.4 Å². The lowest BCUT2D eigenvalue weighted by Gasteiger charge is -2.01. The number of hydrogen-bond donors (Lipinski definition) is 0. The van der Waals surface area contributed by atoms with E-state index in [0.717, 1.165) is 18.8 Å². The molecule has 2 nitrogen and oxygen atoms in total. The van der Waals surface area contributed by atoms with E-state index in [-0.39, 0.29) is 0 Å². The highest BCUT2D eigenvalue weighted by molar-refractivity contribution is 7.98. The first-order valence-electron chi connectivity index (χ1n) is 5.98. The molecule has 0 spiro atoms. The third-order valence-corrected chi connectivity index (χ3v) is 3.61. The smallest absolute Gasteiger partial charge is 0.234 e. The Kier molecular flexibility index (Phi) is 5.84. The molecule has 0 fully saturated rings. The molecular weight excluding hydrogens is 204 g/mol. The van der Waals surface area contributed by atoms with Gasteiger partial charge in [-0.15, -0.1) is 11.8 Å². The Morgan fingerprint density at radius 3 is 2.67 bits per heavy atom. The molecule has 86 valence electrons. The highest BCUT2D eigenvalue weighted by Crippen LogP contribution is 2.05. The van der Waals surface area contributed by atoms with Crippen molar-refractivity contribution < 1.29 is 4.57 Å². The van der Waals surface area contributed by atoms with Gasteiger partial charge in [0, 0.05) is 6.42 Å². The predicted octanol–water partition coefficient (Wildman–Crippen LogP) is 2.85. The first kappa shape index (κ1) is 12.6. The molecule has 0 N–H and O–H groups in total. The van der Waals surface area contributed by atoms with Crippen molar-refractivity contribution in [2.24, 2.45) is 0 Å². The highest BCUT2D eigenvalue weighted by atomic mass is 32.2. The van der Waals surface area contributed by atoms with Crippen LogP contribution in [0.15, 0.2) is 12.4 Å². The van der Waals surface area contributed by atoms with Gasteiger partial charge in [-0.25, -0.2) is 9.13 Å². The molecule has 0 unspecified atom stereocenters. The minimum atomic E-state index is 1.10. The number of aromatic nitrogens is 2. The Bertz CT molecular complexity index is 281. The predicted molar refractivity (Wildman–Crippen MR) is 67.0 cm³/mol. The molecule has 0 aliphatic heterocycles. The molecule has 0 saturated heterocycles. The van der Waals surface area contributed by atoms with E-state index in [1.807, 2.05) is 11.8 Å². The van der Waals surface area contributed by atoms with Crippen LogP contribution in [-0.4, -0.2) is 10.3 Å². The standard InChI is InChI=1S/C12H23N2S/c1-4-7-13-8-9-14(12(13)6-3)11-15-10-5-2/h8-9H,4-7,10-11H2,1-3H3/q+1. The summed E-state index contributed by atoms with van der Waals surface area (Å²) in [4.78, 5) is 0. The second-order valence-electron chi connectivity index (χ2n) is 3.77. The highest BCUT2D eigenvalue weighted by Gasteiger charge is 2.13. The van der Waals surface area contributed by atoms with E-state index < -0.39 is 0 Å². The third kappa shape index (κ3) is 3.56. The molecule has 3 heteroatoms. The van der Waals surface area contributed by atoms with Crippen molar-refractivity contribution in [2.45, 2.75) is 52.5 Å². The number of hydrogen-bond acceptors (Lipinski definition) is 1. The van der Waals surface area contributed by atoms with Gasteiger partial charge in [0.15, 0.2) is 0 Å². The van der Waals surface area contributed by atoms with Crippen molar-refractivity contribution in [1.29, 1.82) is 0 Å². The minimum absolute atomic E-state index is 1.10. The van der Waals surface area contributed by atoms with E-state index in [9.17, 15) is 0 Å². The van der Waals surface area contributed by atoms with Crippen LogP contribution in [0, 0.1) is 0 Å². The van der Waals surface area contributed by atoms with Crippen molar-refractivity contribution in [2.75, 3.05) is 5.75 Å². The summed E-state index contributed by atoms with van der Waals surface area (Å²) in [5, 5.41) is 0. The molecule has 15 heavy (non-hydrogen) atoms. The summed E-state index contributed by atoms with van der Waals surface area (Å²) in [6.45, 7) is 7.85. The van der Waals surface area contributed by atoms with Crippen molar-refractivity contribution in [3.8, 4) is 0 Å². The normalized spacial score (nSPS) is 10.9. The Morgan fingerprint density at radius 2 is 2.07 bits per heavy atom. The third-order valence-electron chi connectivity index (χ3n) is 2.45. The zero-order chi connectivity index (χ0) is 11.1. The zero-order valence-electron chi connectivity index (χ0n) is 10.2. The quantitative estimate of drug-likeness (QED) is 0.514. The molecule has 1 aromatic heterocycles. The van der Waals surface area contributed by atoms with Gasteiger partial charge in [-0.3, -0.25) is 0 Å². The first-order chi connectivity index (χ1) is 7.33. The van der Waals surface area contributed by atoms with Gasteiger partial charge in [0.25, 0.3) is 5.82 Å². The van der Waals surface area contributed by atoms with Crippen molar-refractivity contribution >= 4 is 11.8 Å². The van der Waals surface area contributed by atoms with Gasteiger partial charge in [0.1, 0.15) is 18.3 Å². The summed E-state index contributed by atoms with van der Waals surface area (Å²) in [6, 6.07) is 0. The van der Waals surface area contributed by atoms with Gasteiger partial charge < -0.3 is 0 Å². The topological polar surface area (TPSA) is 8.81 Å². The van der Waals surface area contributed by atoms with Crippen LogP contribution in [-0.2, 0) is 18.8 Å². The molecule has 0 radical (unpaired) electrons. The molecule has 1 heterocycles. The van der Waals surface area contributed by atoms with Crippen LogP contribution in [0.2, 0.25) is 0 Å². The molecule has 0 atom stereocenters. The van der Waals surface area contributed by atoms with Gasteiger partial charge in [-0.05, 0) is 18.6 Å². The number of imidazole rings is 1. The largest absolute Gasteiger partial charge is 0.256 e. The summed E-state index contributed by atoms with van der Waals surface area (Å²) in [6.07, 6.45) is 8.04. The maximum Gasteiger partial charge on any atom is 0.256 e. The zero-order valence-corrected chi connectivity index (χ0v) is 11.0. The summed E-state index contributed by atoms with van der Waals surface area (Å²) in [7, 11) is 0. The lowest BCUT2D eigenvalue weighted by atomic mass is 10.4. The summed E-state index contributed by atoms with van der Waals surface area (Å²) in [5.41, 5.74) is 0. The summed E-state index contributed by atoms with van der Waals surface area (Å²) < 4.78 is 4.77. The van der Waals surface area contributed by atoms with Crippen LogP contribution in [0.3, 0.4) is 0 Å². The Balaban J connectivity index is 2.62. The van der Waals surface area contributed by atoms with E-state index in [1.54, 1.807) is 0 Å². The van der Waals surface area contributed by atoms with Gasteiger partial charge in [-0.1, -0.05) is 20.8 Å². The number of rotatable bonds is 7. The molecule has 0 aromatic carbocycles. The van der Waals surface area contributed by atoms with Crippen LogP contribution in [0.4, 0.5) is 0 Å². The SMILES string of the molecule is CCCSC[n+]1ccn(CCC)c1CC. The fraction of sp³-hybridized carbons (Fsp3) is 0.750. The van der Waals surface area contributed by atoms with Gasteiger partial charge in [0.2, 0.25) is 0 Å². The monoisotopic (exact) mass is 227 g/mol. The number of thioether (sulfide) groups is 1. The fourth-order valence-corrected chi connectivity index (χ4v) is 2.62. The fourth-order valence-electron chi connectivity index (χ4n) is 1.77. The molecule has 1 rings (SSSR count). The van der Waals surface area contributed by atoms with E-state index in [2.05, 4.69) is 42.3 Å².